The third kappa shape index (κ3) is 3.04. The van der Waals surface area contributed by atoms with Crippen LogP contribution in [0.4, 0.5) is 0 Å². The van der Waals surface area contributed by atoms with Crippen LogP contribution in [0.3, 0.4) is 0 Å². The van der Waals surface area contributed by atoms with Crippen molar-refractivity contribution in [2.24, 2.45) is 5.73 Å². The van der Waals surface area contributed by atoms with E-state index in [0.29, 0.717) is 0 Å². The second-order valence-corrected chi connectivity index (χ2v) is 5.68. The predicted octanol–water partition coefficient (Wildman–Crippen LogP) is 2.58. The molecule has 0 spiro atoms. The number of nitrogens with two attached hydrogens (primary N) is 1. The molecule has 2 heterocycles. The molecule has 5 heteroatoms. The molecule has 0 bridgehead atoms. The fourth-order valence-corrected chi connectivity index (χ4v) is 2.99. The highest BCUT2D eigenvalue weighted by atomic mass is 32.2. The molecule has 1 unspecified atom stereocenters. The lowest BCUT2D eigenvalue weighted by Crippen LogP contribution is -2.18. The Labute approximate surface area is 103 Å². The normalized spacial score (nSPS) is 12.6. The van der Waals surface area contributed by atoms with Gasteiger partial charge in [-0.15, -0.1) is 11.3 Å². The Morgan fingerprint density at radius 1 is 1.44 bits per heavy atom. The lowest BCUT2D eigenvalue weighted by atomic mass is 10.1. The summed E-state index contributed by atoms with van der Waals surface area (Å²) in [7, 11) is 0. The lowest BCUT2D eigenvalue weighted by molar-refractivity contribution is 0.722. The summed E-state index contributed by atoms with van der Waals surface area (Å²) in [5.74, 6) is 0. The number of hydrogen-bond donors (Lipinski definition) is 1. The van der Waals surface area contributed by atoms with Gasteiger partial charge in [0.2, 0.25) is 0 Å². The van der Waals surface area contributed by atoms with E-state index >= 15 is 0 Å². The highest BCUT2D eigenvalue weighted by Crippen LogP contribution is 2.30. The molecule has 3 nitrogen and oxygen atoms in total. The fourth-order valence-electron chi connectivity index (χ4n) is 1.36. The van der Waals surface area contributed by atoms with Crippen LogP contribution >= 0.6 is 23.1 Å². The maximum absolute atomic E-state index is 5.82. The van der Waals surface area contributed by atoms with E-state index in [4.69, 9.17) is 5.73 Å². The highest BCUT2D eigenvalue weighted by molar-refractivity contribution is 8.01. The number of rotatable bonds is 4. The van der Waals surface area contributed by atoms with E-state index in [2.05, 4.69) is 16.0 Å². The molecule has 0 aliphatic heterocycles. The molecule has 0 radical (unpaired) electrons. The average molecular weight is 251 g/mol. The van der Waals surface area contributed by atoms with E-state index in [0.717, 1.165) is 15.8 Å². The Hall–Kier alpha value is -0.910. The van der Waals surface area contributed by atoms with Gasteiger partial charge in [-0.2, -0.15) is 0 Å². The first-order valence-corrected chi connectivity index (χ1v) is 6.72. The summed E-state index contributed by atoms with van der Waals surface area (Å²) < 4.78 is 1.02. The summed E-state index contributed by atoms with van der Waals surface area (Å²) in [6.07, 6.45) is 4.46. The molecule has 0 fully saturated rings. The summed E-state index contributed by atoms with van der Waals surface area (Å²) >= 11 is 3.23. The Balaban J connectivity index is 2.19. The van der Waals surface area contributed by atoms with Crippen molar-refractivity contribution < 1.29 is 0 Å². The summed E-state index contributed by atoms with van der Waals surface area (Å²) in [6, 6.07) is 4.18. The zero-order valence-corrected chi connectivity index (χ0v) is 10.6. The second kappa shape index (κ2) is 5.43. The van der Waals surface area contributed by atoms with Crippen LogP contribution in [0.25, 0.3) is 0 Å². The van der Waals surface area contributed by atoms with Crippen molar-refractivity contribution in [2.45, 2.75) is 28.8 Å². The Kier molecular flexibility index (Phi) is 3.93. The second-order valence-electron chi connectivity index (χ2n) is 3.55. The van der Waals surface area contributed by atoms with Gasteiger partial charge in [-0.3, -0.25) is 0 Å². The van der Waals surface area contributed by atoms with Gasteiger partial charge in [0.1, 0.15) is 5.03 Å². The van der Waals surface area contributed by atoms with E-state index in [9.17, 15) is 0 Å². The monoisotopic (exact) mass is 251 g/mol. The Bertz CT molecular complexity index is 440. The van der Waals surface area contributed by atoms with Crippen molar-refractivity contribution >= 4 is 23.1 Å². The molecular weight excluding hydrogens is 238 g/mol. The molecule has 2 rings (SSSR count). The summed E-state index contributed by atoms with van der Waals surface area (Å²) in [6.45, 7) is 2.00. The van der Waals surface area contributed by atoms with Gasteiger partial charge in [-0.05, 0) is 36.7 Å². The van der Waals surface area contributed by atoms with E-state index < -0.39 is 0 Å². The van der Waals surface area contributed by atoms with Crippen LogP contribution in [0.15, 0.2) is 39.3 Å². The van der Waals surface area contributed by atoms with E-state index in [-0.39, 0.29) is 6.04 Å². The topological polar surface area (TPSA) is 51.8 Å². The molecule has 16 heavy (non-hydrogen) atoms. The third-order valence-electron chi connectivity index (χ3n) is 1.99. The van der Waals surface area contributed by atoms with Gasteiger partial charge < -0.3 is 5.73 Å². The molecule has 0 aromatic carbocycles. The van der Waals surface area contributed by atoms with Crippen LogP contribution in [-0.2, 0) is 6.42 Å². The van der Waals surface area contributed by atoms with Crippen LogP contribution in [0.2, 0.25) is 0 Å². The maximum atomic E-state index is 5.82. The number of thiazole rings is 1. The van der Waals surface area contributed by atoms with Crippen molar-refractivity contribution in [2.75, 3.05) is 0 Å². The zero-order chi connectivity index (χ0) is 11.4. The molecule has 0 amide bonds. The minimum atomic E-state index is 0.153. The molecule has 0 aliphatic rings. The lowest BCUT2D eigenvalue weighted by Gasteiger charge is -2.08. The van der Waals surface area contributed by atoms with Gasteiger partial charge in [-0.1, -0.05) is 6.07 Å². The van der Waals surface area contributed by atoms with Crippen molar-refractivity contribution in [3.8, 4) is 0 Å². The smallest absolute Gasteiger partial charge is 0.156 e. The largest absolute Gasteiger partial charge is 0.328 e. The molecule has 1 atom stereocenters. The van der Waals surface area contributed by atoms with Crippen molar-refractivity contribution in [3.05, 3.63) is 35.5 Å². The van der Waals surface area contributed by atoms with Crippen molar-refractivity contribution in [1.82, 2.24) is 9.97 Å². The van der Waals surface area contributed by atoms with Crippen LogP contribution < -0.4 is 5.73 Å². The number of aromatic nitrogens is 2. The third-order valence-corrected chi connectivity index (χ3v) is 3.93. The van der Waals surface area contributed by atoms with Gasteiger partial charge in [-0.25, -0.2) is 9.97 Å². The van der Waals surface area contributed by atoms with Gasteiger partial charge in [0.25, 0.3) is 0 Å². The molecule has 2 aromatic rings. The van der Waals surface area contributed by atoms with Crippen LogP contribution in [-0.4, -0.2) is 16.0 Å². The average Bonchev–Trinajstić information content (AvgIpc) is 2.73. The minimum Gasteiger partial charge on any atom is -0.328 e. The van der Waals surface area contributed by atoms with Gasteiger partial charge >= 0.3 is 0 Å². The minimum absolute atomic E-state index is 0.153. The Morgan fingerprint density at radius 2 is 2.31 bits per heavy atom. The first kappa shape index (κ1) is 11.6. The number of hydrogen-bond acceptors (Lipinski definition) is 5. The van der Waals surface area contributed by atoms with Crippen LogP contribution in [0.1, 0.15) is 12.5 Å². The van der Waals surface area contributed by atoms with E-state index in [1.54, 1.807) is 35.5 Å². The maximum Gasteiger partial charge on any atom is 0.156 e. The quantitative estimate of drug-likeness (QED) is 0.907. The SMILES string of the molecule is CC(N)Cc1cccnc1Sc1nccs1. The van der Waals surface area contributed by atoms with Crippen molar-refractivity contribution in [3.63, 3.8) is 0 Å². The van der Waals surface area contributed by atoms with E-state index in [1.807, 2.05) is 18.4 Å². The van der Waals surface area contributed by atoms with Gasteiger partial charge in [0, 0.05) is 23.8 Å². The van der Waals surface area contributed by atoms with Crippen LogP contribution in [0, 0.1) is 0 Å². The number of nitrogens with zero attached hydrogens (tertiary/aromatic N) is 2. The highest BCUT2D eigenvalue weighted by Gasteiger charge is 2.08. The zero-order valence-electron chi connectivity index (χ0n) is 8.96. The van der Waals surface area contributed by atoms with Gasteiger partial charge in [0.05, 0.1) is 0 Å². The van der Waals surface area contributed by atoms with Crippen LogP contribution in [0.5, 0.6) is 0 Å². The molecule has 0 saturated heterocycles. The first-order chi connectivity index (χ1) is 7.75. The molecule has 0 saturated carbocycles. The summed E-state index contributed by atoms with van der Waals surface area (Å²) in [4.78, 5) is 8.62. The van der Waals surface area contributed by atoms with Gasteiger partial charge in [0.15, 0.2) is 4.34 Å². The van der Waals surface area contributed by atoms with Crippen molar-refractivity contribution in [1.29, 1.82) is 0 Å². The van der Waals surface area contributed by atoms with E-state index in [1.165, 1.54) is 5.56 Å². The first-order valence-electron chi connectivity index (χ1n) is 5.02. The number of pyridine rings is 1. The molecule has 2 N–H and O–H groups in total. The molecule has 84 valence electrons. The Morgan fingerprint density at radius 3 is 3.00 bits per heavy atom. The standard InChI is InChI=1S/C11H13N3S2/c1-8(12)7-9-3-2-4-13-10(9)16-11-14-5-6-15-11/h2-6,8H,7,12H2,1H3. The molecule has 0 aliphatic carbocycles. The summed E-state index contributed by atoms with van der Waals surface area (Å²) in [5.41, 5.74) is 7.01. The predicted molar refractivity (Wildman–Crippen MR) is 67.8 cm³/mol. The molecular formula is C11H13N3S2. The molecule has 2 aromatic heterocycles. The summed E-state index contributed by atoms with van der Waals surface area (Å²) in [5, 5.41) is 2.98. The fraction of sp³-hybridized carbons (Fsp3) is 0.273.